The van der Waals surface area contributed by atoms with Gasteiger partial charge in [-0.3, -0.25) is 0 Å². The van der Waals surface area contributed by atoms with Gasteiger partial charge in [0.15, 0.2) is 0 Å². The Morgan fingerprint density at radius 3 is 2.70 bits per heavy atom. The van der Waals surface area contributed by atoms with Crippen molar-refractivity contribution in [3.05, 3.63) is 27.7 Å². The average molecular weight is 375 g/mol. The summed E-state index contributed by atoms with van der Waals surface area (Å²) in [4.78, 5) is 0.0818. The van der Waals surface area contributed by atoms with E-state index >= 15 is 0 Å². The Bertz CT molecular complexity index is 607. The van der Waals surface area contributed by atoms with Crippen molar-refractivity contribution in [1.82, 2.24) is 4.31 Å². The van der Waals surface area contributed by atoms with Crippen LogP contribution in [-0.4, -0.2) is 36.8 Å². The highest BCUT2D eigenvalue weighted by atomic mass is 35.5. The van der Waals surface area contributed by atoms with Gasteiger partial charge in [-0.25, -0.2) is 8.42 Å². The molecular weight excluding hydrogens is 361 g/mol. The maximum absolute atomic E-state index is 12.7. The fraction of sp³-hybridized carbons (Fsp3) is 0.500. The minimum absolute atomic E-state index is 0.0767. The van der Waals surface area contributed by atoms with E-state index < -0.39 is 10.0 Å². The van der Waals surface area contributed by atoms with Crippen LogP contribution >= 0.6 is 46.6 Å². The van der Waals surface area contributed by atoms with Gasteiger partial charge in [-0.15, -0.1) is 11.6 Å². The van der Waals surface area contributed by atoms with Crippen LogP contribution in [0.3, 0.4) is 0 Å². The molecule has 1 heterocycles. The van der Waals surface area contributed by atoms with Crippen LogP contribution in [0.5, 0.6) is 0 Å². The first-order valence-corrected chi connectivity index (χ1v) is 9.80. The molecule has 1 fully saturated rings. The Kier molecular flexibility index (Phi) is 5.54. The lowest BCUT2D eigenvalue weighted by molar-refractivity contribution is 0.424. The van der Waals surface area contributed by atoms with E-state index in [2.05, 4.69) is 0 Å². The van der Waals surface area contributed by atoms with Gasteiger partial charge in [0.25, 0.3) is 0 Å². The zero-order valence-corrected chi connectivity index (χ0v) is 14.7. The van der Waals surface area contributed by atoms with Crippen molar-refractivity contribution in [3.63, 3.8) is 0 Å². The number of thioether (sulfide) groups is 1. The van der Waals surface area contributed by atoms with Crippen molar-refractivity contribution in [3.8, 4) is 0 Å². The van der Waals surface area contributed by atoms with Crippen molar-refractivity contribution >= 4 is 56.6 Å². The lowest BCUT2D eigenvalue weighted by Gasteiger charge is -2.30. The largest absolute Gasteiger partial charge is 0.244 e. The molecule has 0 saturated carbocycles. The molecule has 0 spiro atoms. The second-order valence-electron chi connectivity index (χ2n) is 4.52. The highest BCUT2D eigenvalue weighted by molar-refractivity contribution is 8.00. The van der Waals surface area contributed by atoms with Gasteiger partial charge in [0.2, 0.25) is 10.0 Å². The highest BCUT2D eigenvalue weighted by Crippen LogP contribution is 2.34. The summed E-state index contributed by atoms with van der Waals surface area (Å²) in [5.74, 6) is 0.862. The Hall–Kier alpha value is 0.350. The third-order valence-electron chi connectivity index (χ3n) is 3.11. The van der Waals surface area contributed by atoms with Crippen LogP contribution in [0.15, 0.2) is 17.0 Å². The van der Waals surface area contributed by atoms with Gasteiger partial charge < -0.3 is 0 Å². The fourth-order valence-corrected chi connectivity index (χ4v) is 6.10. The van der Waals surface area contributed by atoms with Crippen LogP contribution in [0.4, 0.5) is 0 Å². The Morgan fingerprint density at radius 1 is 1.40 bits per heavy atom. The Balaban J connectivity index is 2.44. The van der Waals surface area contributed by atoms with Gasteiger partial charge in [-0.1, -0.05) is 30.1 Å². The summed E-state index contributed by atoms with van der Waals surface area (Å²) < 4.78 is 26.8. The summed E-state index contributed by atoms with van der Waals surface area (Å²) in [5, 5.41) is 0.780. The van der Waals surface area contributed by atoms with Gasteiger partial charge in [-0.05, 0) is 12.1 Å². The molecule has 1 unspecified atom stereocenters. The molecule has 20 heavy (non-hydrogen) atoms. The van der Waals surface area contributed by atoms with E-state index in [4.69, 9.17) is 34.8 Å². The number of nitrogens with zero attached hydrogens (tertiary/aromatic N) is 1. The summed E-state index contributed by atoms with van der Waals surface area (Å²) in [7, 11) is -3.60. The fourth-order valence-electron chi connectivity index (χ4n) is 2.04. The maximum atomic E-state index is 12.7. The quantitative estimate of drug-likeness (QED) is 0.754. The predicted octanol–water partition coefficient (Wildman–Crippen LogP) is 3.86. The molecule has 0 radical (unpaired) electrons. The van der Waals surface area contributed by atoms with Crippen LogP contribution in [0.25, 0.3) is 0 Å². The molecule has 1 aliphatic heterocycles. The van der Waals surface area contributed by atoms with Crippen LogP contribution in [0.1, 0.15) is 12.5 Å². The molecule has 1 aromatic rings. The SMILES string of the molecule is CC1CN(S(=O)(=O)c2ccc(Cl)c(CCl)c2Cl)CCS1. The van der Waals surface area contributed by atoms with E-state index in [9.17, 15) is 8.42 Å². The summed E-state index contributed by atoms with van der Waals surface area (Å²) >= 11 is 19.7. The van der Waals surface area contributed by atoms with E-state index in [0.717, 1.165) is 5.75 Å². The monoisotopic (exact) mass is 373 g/mol. The van der Waals surface area contributed by atoms with E-state index in [1.165, 1.54) is 16.4 Å². The van der Waals surface area contributed by atoms with Crippen LogP contribution in [0.2, 0.25) is 10.0 Å². The molecule has 1 aromatic carbocycles. The molecule has 0 aliphatic carbocycles. The predicted molar refractivity (Wildman–Crippen MR) is 86.7 cm³/mol. The van der Waals surface area contributed by atoms with E-state index in [0.29, 0.717) is 23.7 Å². The van der Waals surface area contributed by atoms with Gasteiger partial charge in [0.05, 0.1) is 10.9 Å². The van der Waals surface area contributed by atoms with E-state index in [-0.39, 0.29) is 21.0 Å². The second kappa shape index (κ2) is 6.63. The first-order valence-electron chi connectivity index (χ1n) is 6.02. The summed E-state index contributed by atoms with van der Waals surface area (Å²) in [6, 6.07) is 2.97. The second-order valence-corrected chi connectivity index (χ2v) is 9.02. The van der Waals surface area contributed by atoms with Crippen LogP contribution in [0, 0.1) is 0 Å². The molecule has 0 N–H and O–H groups in total. The molecule has 1 saturated heterocycles. The number of halogens is 3. The zero-order chi connectivity index (χ0) is 14.9. The summed E-state index contributed by atoms with van der Waals surface area (Å²) in [5.41, 5.74) is 0.454. The standard InChI is InChI=1S/C12H14Cl3NO2S2/c1-8-7-16(4-5-19-8)20(17,18)11-3-2-10(14)9(6-13)12(11)15/h2-3,8H,4-7H2,1H3. The molecule has 1 atom stereocenters. The third-order valence-corrected chi connectivity index (χ3v) is 7.31. The van der Waals surface area contributed by atoms with Crippen molar-refractivity contribution in [2.75, 3.05) is 18.8 Å². The van der Waals surface area contributed by atoms with Crippen LogP contribution in [-0.2, 0) is 15.9 Å². The van der Waals surface area contributed by atoms with Crippen molar-refractivity contribution in [1.29, 1.82) is 0 Å². The van der Waals surface area contributed by atoms with Crippen molar-refractivity contribution in [2.24, 2.45) is 0 Å². The van der Waals surface area contributed by atoms with Crippen LogP contribution < -0.4 is 0 Å². The number of sulfonamides is 1. The minimum Gasteiger partial charge on any atom is -0.207 e. The molecule has 0 aromatic heterocycles. The summed E-state index contributed by atoms with van der Waals surface area (Å²) in [6.45, 7) is 2.99. The first-order chi connectivity index (χ1) is 9.37. The van der Waals surface area contributed by atoms with E-state index in [1.807, 2.05) is 6.92 Å². The molecule has 0 bridgehead atoms. The minimum atomic E-state index is -3.60. The number of hydrogen-bond donors (Lipinski definition) is 0. The summed E-state index contributed by atoms with van der Waals surface area (Å²) in [6.07, 6.45) is 0. The first kappa shape index (κ1) is 16.7. The maximum Gasteiger partial charge on any atom is 0.244 e. The van der Waals surface area contributed by atoms with Gasteiger partial charge >= 0.3 is 0 Å². The normalized spacial score (nSPS) is 21.1. The lowest BCUT2D eigenvalue weighted by atomic mass is 10.2. The number of rotatable bonds is 3. The van der Waals surface area contributed by atoms with Crippen molar-refractivity contribution < 1.29 is 8.42 Å². The molecule has 112 valence electrons. The topological polar surface area (TPSA) is 37.4 Å². The zero-order valence-electron chi connectivity index (χ0n) is 10.8. The Labute approximate surface area is 138 Å². The van der Waals surface area contributed by atoms with Gasteiger partial charge in [-0.2, -0.15) is 16.1 Å². The number of benzene rings is 1. The molecule has 1 aliphatic rings. The smallest absolute Gasteiger partial charge is 0.207 e. The van der Waals surface area contributed by atoms with E-state index in [1.54, 1.807) is 11.8 Å². The van der Waals surface area contributed by atoms with Crippen molar-refractivity contribution in [2.45, 2.75) is 22.9 Å². The molecular formula is C12H14Cl3NO2S2. The molecule has 0 amide bonds. The third kappa shape index (κ3) is 3.23. The lowest BCUT2D eigenvalue weighted by Crippen LogP contribution is -2.41. The molecule has 8 heteroatoms. The average Bonchev–Trinajstić information content (AvgIpc) is 2.39. The molecule has 2 rings (SSSR count). The molecule has 3 nitrogen and oxygen atoms in total. The number of hydrogen-bond acceptors (Lipinski definition) is 3. The number of alkyl halides is 1. The Morgan fingerprint density at radius 2 is 2.10 bits per heavy atom. The van der Waals surface area contributed by atoms with Gasteiger partial charge in [0.1, 0.15) is 4.90 Å². The highest BCUT2D eigenvalue weighted by Gasteiger charge is 2.31. The van der Waals surface area contributed by atoms with Gasteiger partial charge in [0, 0.05) is 34.7 Å².